The largest absolute Gasteiger partial charge is 0.466 e. The maximum absolute atomic E-state index is 11.9. The molecule has 0 saturated carbocycles. The maximum Gasteiger partial charge on any atom is 0.309 e. The molecule has 1 aromatic carbocycles. The number of benzene rings is 1. The second-order valence-corrected chi connectivity index (χ2v) is 4.21. The molecule has 0 saturated heterocycles. The van der Waals surface area contributed by atoms with Crippen molar-refractivity contribution >= 4 is 5.97 Å². The molecule has 0 radical (unpaired) electrons. The summed E-state index contributed by atoms with van der Waals surface area (Å²) < 4.78 is 4.99. The van der Waals surface area contributed by atoms with Gasteiger partial charge in [0, 0.05) is 5.92 Å². The van der Waals surface area contributed by atoms with Crippen LogP contribution in [0, 0.1) is 34.5 Å². The first-order valence-electron chi connectivity index (χ1n) is 6.16. The highest BCUT2D eigenvalue weighted by Gasteiger charge is 2.33. The lowest BCUT2D eigenvalue weighted by Crippen LogP contribution is -2.26. The van der Waals surface area contributed by atoms with Gasteiger partial charge in [0.1, 0.15) is 5.92 Å². The van der Waals surface area contributed by atoms with E-state index < -0.39 is 17.8 Å². The maximum atomic E-state index is 11.9. The summed E-state index contributed by atoms with van der Waals surface area (Å²) in [6, 6.07) is 13.1. The second kappa shape index (κ2) is 7.18. The molecule has 0 aliphatic heterocycles. The monoisotopic (exact) mass is 256 g/mol. The van der Waals surface area contributed by atoms with Crippen LogP contribution in [0.2, 0.25) is 0 Å². The zero-order valence-electron chi connectivity index (χ0n) is 11.0. The fourth-order valence-electron chi connectivity index (χ4n) is 2.05. The van der Waals surface area contributed by atoms with Gasteiger partial charge in [-0.25, -0.2) is 0 Å². The first kappa shape index (κ1) is 14.7. The van der Waals surface area contributed by atoms with Gasteiger partial charge in [0.05, 0.1) is 24.7 Å². The molecule has 98 valence electrons. The highest BCUT2D eigenvalue weighted by atomic mass is 16.5. The van der Waals surface area contributed by atoms with E-state index >= 15 is 0 Å². The normalized spacial score (nSPS) is 13.1. The van der Waals surface area contributed by atoms with Gasteiger partial charge in [-0.3, -0.25) is 4.79 Å². The van der Waals surface area contributed by atoms with E-state index in [1.807, 2.05) is 42.5 Å². The van der Waals surface area contributed by atoms with Crippen molar-refractivity contribution in [2.75, 3.05) is 6.61 Å². The Hall–Kier alpha value is -2.33. The van der Waals surface area contributed by atoms with Crippen molar-refractivity contribution in [2.24, 2.45) is 11.8 Å². The predicted octanol–water partition coefficient (Wildman–Crippen LogP) is 2.63. The van der Waals surface area contributed by atoms with Gasteiger partial charge in [0.25, 0.3) is 0 Å². The average Bonchev–Trinajstić information content (AvgIpc) is 2.45. The Balaban J connectivity index is 3.11. The van der Waals surface area contributed by atoms with Crippen molar-refractivity contribution in [3.8, 4) is 12.1 Å². The highest BCUT2D eigenvalue weighted by molar-refractivity contribution is 5.73. The van der Waals surface area contributed by atoms with Gasteiger partial charge >= 0.3 is 5.97 Å². The molecule has 4 nitrogen and oxygen atoms in total. The van der Waals surface area contributed by atoms with Crippen molar-refractivity contribution in [3.05, 3.63) is 35.9 Å². The summed E-state index contributed by atoms with van der Waals surface area (Å²) in [6.07, 6.45) is 0. The van der Waals surface area contributed by atoms with Crippen molar-refractivity contribution in [1.29, 1.82) is 10.5 Å². The summed E-state index contributed by atoms with van der Waals surface area (Å²) in [6.45, 7) is 3.71. The molecule has 0 spiro atoms. The number of rotatable bonds is 5. The minimum Gasteiger partial charge on any atom is -0.466 e. The van der Waals surface area contributed by atoms with Crippen LogP contribution in [-0.4, -0.2) is 12.6 Å². The number of carbonyl (C=O) groups excluding carboxylic acids is 1. The number of ether oxygens (including phenoxy) is 1. The Labute approximate surface area is 113 Å². The van der Waals surface area contributed by atoms with Gasteiger partial charge in [-0.2, -0.15) is 10.5 Å². The van der Waals surface area contributed by atoms with Crippen LogP contribution < -0.4 is 0 Å². The van der Waals surface area contributed by atoms with Crippen molar-refractivity contribution in [2.45, 2.75) is 19.8 Å². The van der Waals surface area contributed by atoms with Crippen LogP contribution in [0.1, 0.15) is 25.3 Å². The first-order valence-corrected chi connectivity index (χ1v) is 6.16. The molecular formula is C15H16N2O2. The molecule has 0 aliphatic carbocycles. The lowest BCUT2D eigenvalue weighted by molar-refractivity contribution is -0.148. The van der Waals surface area contributed by atoms with Crippen molar-refractivity contribution < 1.29 is 9.53 Å². The fraction of sp³-hybridized carbons (Fsp3) is 0.400. The molecule has 4 heteroatoms. The van der Waals surface area contributed by atoms with Crippen LogP contribution in [0.25, 0.3) is 0 Å². The van der Waals surface area contributed by atoms with E-state index in [1.54, 1.807) is 13.8 Å². The molecular weight excluding hydrogens is 240 g/mol. The standard InChI is InChI=1S/C15H16N2O2/c1-3-19-15(18)11(2)14(13(9-16)10-17)12-7-5-4-6-8-12/h4-8,11,13-14H,3H2,1-2H3. The number of carbonyl (C=O) groups is 1. The zero-order valence-corrected chi connectivity index (χ0v) is 11.0. The first-order chi connectivity index (χ1) is 9.15. The molecule has 0 aliphatic rings. The van der Waals surface area contributed by atoms with E-state index in [4.69, 9.17) is 15.3 Å². The molecule has 1 aromatic rings. The number of hydrogen-bond acceptors (Lipinski definition) is 4. The molecule has 0 N–H and O–H groups in total. The number of esters is 1. The predicted molar refractivity (Wildman–Crippen MR) is 69.7 cm³/mol. The fourth-order valence-corrected chi connectivity index (χ4v) is 2.05. The van der Waals surface area contributed by atoms with Gasteiger partial charge in [0.2, 0.25) is 0 Å². The Bertz CT molecular complexity index is 485. The molecule has 1 rings (SSSR count). The smallest absolute Gasteiger partial charge is 0.309 e. The lowest BCUT2D eigenvalue weighted by atomic mass is 9.78. The van der Waals surface area contributed by atoms with Crippen LogP contribution in [0.5, 0.6) is 0 Å². The van der Waals surface area contributed by atoms with Crippen LogP contribution in [-0.2, 0) is 9.53 Å². The second-order valence-electron chi connectivity index (χ2n) is 4.21. The van der Waals surface area contributed by atoms with Gasteiger partial charge in [0.15, 0.2) is 0 Å². The Morgan fingerprint density at radius 1 is 1.26 bits per heavy atom. The third-order valence-electron chi connectivity index (χ3n) is 3.02. The zero-order chi connectivity index (χ0) is 14.3. The molecule has 0 aromatic heterocycles. The van der Waals surface area contributed by atoms with E-state index in [2.05, 4.69) is 0 Å². The molecule has 0 heterocycles. The molecule has 0 fully saturated rings. The van der Waals surface area contributed by atoms with Gasteiger partial charge in [-0.15, -0.1) is 0 Å². The summed E-state index contributed by atoms with van der Waals surface area (Å²) in [5, 5.41) is 18.2. The topological polar surface area (TPSA) is 73.9 Å². The lowest BCUT2D eigenvalue weighted by Gasteiger charge is -2.23. The van der Waals surface area contributed by atoms with Crippen molar-refractivity contribution in [1.82, 2.24) is 0 Å². The number of hydrogen-bond donors (Lipinski definition) is 0. The van der Waals surface area contributed by atoms with Gasteiger partial charge < -0.3 is 4.74 Å². The van der Waals surface area contributed by atoms with Crippen LogP contribution >= 0.6 is 0 Å². The van der Waals surface area contributed by atoms with E-state index in [9.17, 15) is 4.79 Å². The van der Waals surface area contributed by atoms with Gasteiger partial charge in [-0.05, 0) is 12.5 Å². The van der Waals surface area contributed by atoms with Crippen molar-refractivity contribution in [3.63, 3.8) is 0 Å². The van der Waals surface area contributed by atoms with Crippen LogP contribution in [0.15, 0.2) is 30.3 Å². The highest BCUT2D eigenvalue weighted by Crippen LogP contribution is 2.32. The minimum atomic E-state index is -0.873. The number of nitrogens with zero attached hydrogens (tertiary/aromatic N) is 2. The van der Waals surface area contributed by atoms with Crippen LogP contribution in [0.4, 0.5) is 0 Å². The molecule has 0 amide bonds. The summed E-state index contributed by atoms with van der Waals surface area (Å²) >= 11 is 0. The third kappa shape index (κ3) is 3.56. The quantitative estimate of drug-likeness (QED) is 0.759. The Kier molecular flexibility index (Phi) is 5.57. The minimum absolute atomic E-state index is 0.286. The molecule has 19 heavy (non-hydrogen) atoms. The molecule has 0 bridgehead atoms. The molecule has 2 atom stereocenters. The summed E-state index contributed by atoms with van der Waals surface area (Å²) in [7, 11) is 0. The Morgan fingerprint density at radius 2 is 1.84 bits per heavy atom. The number of nitriles is 2. The van der Waals surface area contributed by atoms with E-state index in [0.717, 1.165) is 5.56 Å². The molecule has 2 unspecified atom stereocenters. The SMILES string of the molecule is CCOC(=O)C(C)C(c1ccccc1)C(C#N)C#N. The Morgan fingerprint density at radius 3 is 2.32 bits per heavy atom. The summed E-state index contributed by atoms with van der Waals surface area (Å²) in [5.74, 6) is -2.27. The van der Waals surface area contributed by atoms with E-state index in [1.165, 1.54) is 0 Å². The van der Waals surface area contributed by atoms with Crippen LogP contribution in [0.3, 0.4) is 0 Å². The summed E-state index contributed by atoms with van der Waals surface area (Å²) in [5.41, 5.74) is 0.802. The van der Waals surface area contributed by atoms with E-state index in [-0.39, 0.29) is 12.6 Å². The average molecular weight is 256 g/mol. The third-order valence-corrected chi connectivity index (χ3v) is 3.02. The van der Waals surface area contributed by atoms with E-state index in [0.29, 0.717) is 0 Å². The van der Waals surface area contributed by atoms with Gasteiger partial charge in [-0.1, -0.05) is 37.3 Å². The summed E-state index contributed by atoms with van der Waals surface area (Å²) in [4.78, 5) is 11.9.